The van der Waals surface area contributed by atoms with E-state index >= 15 is 0 Å². The molecule has 224 valence electrons. The van der Waals surface area contributed by atoms with Gasteiger partial charge in [0.1, 0.15) is 17.2 Å². The van der Waals surface area contributed by atoms with Crippen molar-refractivity contribution in [1.29, 1.82) is 0 Å². The van der Waals surface area contributed by atoms with Crippen molar-refractivity contribution < 1.29 is 35.5 Å². The Morgan fingerprint density at radius 1 is 0.780 bits per heavy atom. The molecule has 2 aromatic carbocycles. The lowest BCUT2D eigenvalue weighted by Crippen LogP contribution is -2.29. The lowest BCUT2D eigenvalue weighted by atomic mass is 9.77. The van der Waals surface area contributed by atoms with Crippen LogP contribution in [0.5, 0.6) is 0 Å². The average molecular weight is 583 g/mol. The van der Waals surface area contributed by atoms with Gasteiger partial charge in [0.25, 0.3) is 0 Å². The summed E-state index contributed by atoms with van der Waals surface area (Å²) in [5.41, 5.74) is -0.699. The van der Waals surface area contributed by atoms with Crippen molar-refractivity contribution in [2.45, 2.75) is 95.4 Å². The Kier molecular flexibility index (Phi) is 10.4. The summed E-state index contributed by atoms with van der Waals surface area (Å²) in [6, 6.07) is 7.98. The van der Waals surface area contributed by atoms with Crippen LogP contribution in [0.25, 0.3) is 0 Å². The van der Waals surface area contributed by atoms with Crippen molar-refractivity contribution in [2.24, 2.45) is 11.8 Å². The van der Waals surface area contributed by atoms with Gasteiger partial charge in [-0.3, -0.25) is 0 Å². The van der Waals surface area contributed by atoms with Crippen molar-refractivity contribution in [3.05, 3.63) is 94.6 Å². The first-order chi connectivity index (χ1) is 19.5. The summed E-state index contributed by atoms with van der Waals surface area (Å²) in [6.07, 6.45) is 6.43. The van der Waals surface area contributed by atoms with Crippen molar-refractivity contribution >= 4 is 0 Å². The third-order valence-electron chi connectivity index (χ3n) is 8.41. The summed E-state index contributed by atoms with van der Waals surface area (Å²) in [5, 5.41) is 0. The van der Waals surface area contributed by atoms with E-state index in [2.05, 4.69) is 12.2 Å². The Bertz CT molecular complexity index is 1160. The molecule has 2 aliphatic rings. The molecule has 2 aromatic rings. The summed E-state index contributed by atoms with van der Waals surface area (Å²) in [7, 11) is 0. The number of allylic oxidation sites excluding steroid dienone is 4. The molecule has 2 saturated carbocycles. The van der Waals surface area contributed by atoms with E-state index in [0.29, 0.717) is 25.7 Å². The molecular formula is C33H37F7O. The first-order valence-electron chi connectivity index (χ1n) is 14.5. The summed E-state index contributed by atoms with van der Waals surface area (Å²) in [5.74, 6) is -2.78. The molecule has 8 heteroatoms. The minimum absolute atomic E-state index is 0.133. The van der Waals surface area contributed by atoms with Crippen LogP contribution in [0, 0.1) is 23.5 Å². The largest absolute Gasteiger partial charge is 0.422 e. The van der Waals surface area contributed by atoms with Crippen LogP contribution in [0.2, 0.25) is 0 Å². The molecule has 2 aliphatic carbocycles. The predicted molar refractivity (Wildman–Crippen MR) is 146 cm³/mol. The fraction of sp³-hybridized carbons (Fsp3) is 0.515. The van der Waals surface area contributed by atoms with Gasteiger partial charge >= 0.3 is 12.3 Å². The van der Waals surface area contributed by atoms with E-state index in [1.54, 1.807) is 12.1 Å². The summed E-state index contributed by atoms with van der Waals surface area (Å²) < 4.78 is 101. The topological polar surface area (TPSA) is 9.23 Å². The van der Waals surface area contributed by atoms with E-state index in [1.807, 2.05) is 19.1 Å². The third-order valence-corrected chi connectivity index (χ3v) is 8.41. The molecule has 0 unspecified atom stereocenters. The highest BCUT2D eigenvalue weighted by Crippen LogP contribution is 2.41. The average Bonchev–Trinajstić information content (AvgIpc) is 2.92. The highest BCUT2D eigenvalue weighted by atomic mass is 19.4. The van der Waals surface area contributed by atoms with Crippen LogP contribution in [-0.4, -0.2) is 6.10 Å². The fourth-order valence-corrected chi connectivity index (χ4v) is 6.02. The number of benzene rings is 2. The molecule has 41 heavy (non-hydrogen) atoms. The second-order valence-electron chi connectivity index (χ2n) is 11.3. The molecule has 1 nitrogen and oxygen atoms in total. The molecule has 0 amide bonds. The first kappa shape index (κ1) is 31.3. The maximum Gasteiger partial charge on any atom is 0.422 e. The SMILES string of the molecule is C/C=C/CCc1ccc(C(F)(F)OC2CCC(/C=C/C3CCC(c4cc(F)c(C(F)(F)F)c(F)c4)CC3)CC2)cc1. The van der Waals surface area contributed by atoms with E-state index in [4.69, 9.17) is 4.74 Å². The Hall–Kier alpha value is -2.61. The van der Waals surface area contributed by atoms with Gasteiger partial charge < -0.3 is 4.74 Å². The van der Waals surface area contributed by atoms with E-state index < -0.39 is 35.6 Å². The first-order valence-corrected chi connectivity index (χ1v) is 14.5. The lowest BCUT2D eigenvalue weighted by Gasteiger charge is -2.31. The van der Waals surface area contributed by atoms with Gasteiger partial charge in [-0.15, -0.1) is 0 Å². The molecule has 0 N–H and O–H groups in total. The predicted octanol–water partition coefficient (Wildman–Crippen LogP) is 10.6. The Morgan fingerprint density at radius 2 is 1.32 bits per heavy atom. The Morgan fingerprint density at radius 3 is 1.83 bits per heavy atom. The van der Waals surface area contributed by atoms with Gasteiger partial charge in [-0.25, -0.2) is 8.78 Å². The van der Waals surface area contributed by atoms with E-state index in [1.165, 1.54) is 12.1 Å². The highest BCUT2D eigenvalue weighted by Gasteiger charge is 2.39. The van der Waals surface area contributed by atoms with Crippen molar-refractivity contribution in [2.75, 3.05) is 0 Å². The number of hydrogen-bond acceptors (Lipinski definition) is 1. The number of halogens is 7. The van der Waals surface area contributed by atoms with Gasteiger partial charge in [0.2, 0.25) is 0 Å². The lowest BCUT2D eigenvalue weighted by molar-refractivity contribution is -0.277. The van der Waals surface area contributed by atoms with Crippen molar-refractivity contribution in [1.82, 2.24) is 0 Å². The summed E-state index contributed by atoms with van der Waals surface area (Å²) in [4.78, 5) is 0. The fourth-order valence-electron chi connectivity index (χ4n) is 6.02. The number of alkyl halides is 5. The van der Waals surface area contributed by atoms with Crippen LogP contribution in [0.15, 0.2) is 60.7 Å². The monoisotopic (exact) mass is 582 g/mol. The zero-order valence-corrected chi connectivity index (χ0v) is 23.2. The Labute approximate surface area is 237 Å². The van der Waals surface area contributed by atoms with E-state index in [0.717, 1.165) is 56.2 Å². The molecular weight excluding hydrogens is 545 g/mol. The molecule has 0 aromatic heterocycles. The minimum atomic E-state index is -5.07. The molecule has 0 bridgehead atoms. The van der Waals surface area contributed by atoms with Gasteiger partial charge in [-0.05, 0) is 112 Å². The molecule has 0 spiro atoms. The summed E-state index contributed by atoms with van der Waals surface area (Å²) >= 11 is 0. The molecule has 0 saturated heterocycles. The van der Waals surface area contributed by atoms with Gasteiger partial charge in [-0.1, -0.05) is 48.6 Å². The number of ether oxygens (including phenoxy) is 1. The quantitative estimate of drug-likeness (QED) is 0.211. The van der Waals surface area contributed by atoms with Gasteiger partial charge in [0.05, 0.1) is 11.7 Å². The van der Waals surface area contributed by atoms with Gasteiger partial charge in [0, 0.05) is 0 Å². The maximum absolute atomic E-state index is 14.8. The van der Waals surface area contributed by atoms with Crippen LogP contribution in [-0.2, 0) is 23.4 Å². The third kappa shape index (κ3) is 8.46. The molecule has 4 rings (SSSR count). The van der Waals surface area contributed by atoms with E-state index in [9.17, 15) is 30.7 Å². The zero-order valence-electron chi connectivity index (χ0n) is 23.2. The number of rotatable bonds is 9. The van der Waals surface area contributed by atoms with Crippen LogP contribution in [0.3, 0.4) is 0 Å². The zero-order chi connectivity index (χ0) is 29.6. The van der Waals surface area contributed by atoms with Crippen molar-refractivity contribution in [3.63, 3.8) is 0 Å². The maximum atomic E-state index is 14.8. The summed E-state index contributed by atoms with van der Waals surface area (Å²) in [6.45, 7) is 1.95. The number of hydrogen-bond donors (Lipinski definition) is 0. The van der Waals surface area contributed by atoms with Gasteiger partial charge in [0.15, 0.2) is 0 Å². The number of aryl methyl sites for hydroxylation is 1. The molecule has 0 aliphatic heterocycles. The van der Waals surface area contributed by atoms with Crippen LogP contribution >= 0.6 is 0 Å². The van der Waals surface area contributed by atoms with Crippen LogP contribution < -0.4 is 0 Å². The molecule has 2 fully saturated rings. The minimum Gasteiger partial charge on any atom is -0.313 e. The molecule has 0 atom stereocenters. The highest BCUT2D eigenvalue weighted by molar-refractivity contribution is 5.31. The molecule has 0 heterocycles. The van der Waals surface area contributed by atoms with Gasteiger partial charge in [-0.2, -0.15) is 22.0 Å². The van der Waals surface area contributed by atoms with E-state index in [-0.39, 0.29) is 28.9 Å². The second-order valence-corrected chi connectivity index (χ2v) is 11.3. The smallest absolute Gasteiger partial charge is 0.313 e. The van der Waals surface area contributed by atoms with Crippen LogP contribution in [0.4, 0.5) is 30.7 Å². The standard InChI is InChI=1S/C33H37F7O/c1-2-3-4-5-22-10-16-27(17-11-22)33(39,40)41-28-18-12-24(13-19-28)7-6-23-8-14-25(15-9-23)26-20-29(34)31(30(35)21-26)32(36,37)38/h2-3,6-7,10-11,16-17,20-21,23-25,28H,4-5,8-9,12-15,18-19H2,1H3/b3-2+,7-6+. The Balaban J connectivity index is 1.22. The van der Waals surface area contributed by atoms with Crippen LogP contribution in [0.1, 0.15) is 92.9 Å². The van der Waals surface area contributed by atoms with Crippen molar-refractivity contribution in [3.8, 4) is 0 Å². The molecule has 0 radical (unpaired) electrons. The second kappa shape index (κ2) is 13.6. The normalized spacial score (nSPS) is 24.4.